The predicted octanol–water partition coefficient (Wildman–Crippen LogP) is 0.929. The molecular formula is C14H25N3O3. The van der Waals surface area contributed by atoms with E-state index in [1.54, 1.807) is 16.8 Å². The van der Waals surface area contributed by atoms with Crippen molar-refractivity contribution < 1.29 is 14.7 Å². The Hall–Kier alpha value is -1.30. The van der Waals surface area contributed by atoms with Gasteiger partial charge in [0.1, 0.15) is 0 Å². The zero-order valence-electron chi connectivity index (χ0n) is 12.4. The van der Waals surface area contributed by atoms with Crippen LogP contribution in [-0.2, 0) is 4.79 Å². The van der Waals surface area contributed by atoms with Crippen molar-refractivity contribution in [3.05, 3.63) is 0 Å². The topological polar surface area (TPSA) is 64.1 Å². The fourth-order valence-electron chi connectivity index (χ4n) is 3.15. The molecule has 2 saturated heterocycles. The second-order valence-corrected chi connectivity index (χ2v) is 5.92. The van der Waals surface area contributed by atoms with Gasteiger partial charge in [-0.2, -0.15) is 0 Å². The summed E-state index contributed by atoms with van der Waals surface area (Å²) in [5.41, 5.74) is 0. The predicted molar refractivity (Wildman–Crippen MR) is 75.6 cm³/mol. The van der Waals surface area contributed by atoms with Crippen LogP contribution in [0.3, 0.4) is 0 Å². The van der Waals surface area contributed by atoms with Gasteiger partial charge in [0, 0.05) is 32.7 Å². The number of carboxylic acid groups (broad SMARTS) is 1. The molecule has 2 rings (SSSR count). The Morgan fingerprint density at radius 1 is 1.25 bits per heavy atom. The van der Waals surface area contributed by atoms with Crippen molar-refractivity contribution in [1.29, 1.82) is 0 Å². The number of rotatable bonds is 4. The minimum Gasteiger partial charge on any atom is -0.481 e. The smallest absolute Gasteiger partial charge is 0.320 e. The molecule has 2 amide bonds. The molecule has 0 bridgehead atoms. The Balaban J connectivity index is 1.82. The minimum atomic E-state index is -0.799. The molecule has 2 atom stereocenters. The maximum Gasteiger partial charge on any atom is 0.320 e. The second-order valence-electron chi connectivity index (χ2n) is 5.92. The van der Waals surface area contributed by atoms with Gasteiger partial charge in [0.25, 0.3) is 0 Å². The van der Waals surface area contributed by atoms with E-state index in [9.17, 15) is 9.59 Å². The number of urea groups is 1. The van der Waals surface area contributed by atoms with E-state index in [1.807, 2.05) is 6.92 Å². The van der Waals surface area contributed by atoms with Crippen molar-refractivity contribution in [3.63, 3.8) is 0 Å². The SMILES string of the molecule is CC1C(C(=O)O)CCN1C(=O)N(C)CCN1CCCC1. The zero-order chi connectivity index (χ0) is 14.7. The van der Waals surface area contributed by atoms with Crippen LogP contribution in [0.4, 0.5) is 4.79 Å². The van der Waals surface area contributed by atoms with Crippen LogP contribution in [0.15, 0.2) is 0 Å². The number of aliphatic carboxylic acids is 1. The van der Waals surface area contributed by atoms with Gasteiger partial charge in [0.05, 0.1) is 5.92 Å². The third-order valence-electron chi connectivity index (χ3n) is 4.59. The van der Waals surface area contributed by atoms with E-state index in [1.165, 1.54) is 12.8 Å². The first kappa shape index (κ1) is 15.1. The van der Waals surface area contributed by atoms with E-state index in [2.05, 4.69) is 4.90 Å². The van der Waals surface area contributed by atoms with E-state index in [0.717, 1.165) is 19.6 Å². The van der Waals surface area contributed by atoms with Crippen LogP contribution in [0.5, 0.6) is 0 Å². The summed E-state index contributed by atoms with van der Waals surface area (Å²) in [7, 11) is 1.80. The van der Waals surface area contributed by atoms with Gasteiger partial charge in [0.2, 0.25) is 0 Å². The van der Waals surface area contributed by atoms with Crippen LogP contribution >= 0.6 is 0 Å². The van der Waals surface area contributed by atoms with E-state index >= 15 is 0 Å². The largest absolute Gasteiger partial charge is 0.481 e. The summed E-state index contributed by atoms with van der Waals surface area (Å²) in [6.45, 7) is 6.25. The van der Waals surface area contributed by atoms with Gasteiger partial charge < -0.3 is 19.8 Å². The summed E-state index contributed by atoms with van der Waals surface area (Å²) in [6, 6.07) is -0.255. The van der Waals surface area contributed by atoms with Crippen molar-refractivity contribution in [2.45, 2.75) is 32.2 Å². The molecule has 0 aromatic rings. The van der Waals surface area contributed by atoms with Gasteiger partial charge in [-0.05, 0) is 39.3 Å². The molecule has 1 N–H and O–H groups in total. The van der Waals surface area contributed by atoms with Crippen LogP contribution < -0.4 is 0 Å². The lowest BCUT2D eigenvalue weighted by Crippen LogP contribution is -2.46. The Bertz CT molecular complexity index is 369. The highest BCUT2D eigenvalue weighted by Gasteiger charge is 2.39. The third-order valence-corrected chi connectivity index (χ3v) is 4.59. The number of likely N-dealkylation sites (tertiary alicyclic amines) is 2. The van der Waals surface area contributed by atoms with Gasteiger partial charge in [-0.3, -0.25) is 4.79 Å². The zero-order valence-corrected chi connectivity index (χ0v) is 12.4. The molecule has 6 nitrogen and oxygen atoms in total. The Labute approximate surface area is 120 Å². The van der Waals surface area contributed by atoms with Crippen LogP contribution in [0.2, 0.25) is 0 Å². The summed E-state index contributed by atoms with van der Waals surface area (Å²) in [5, 5.41) is 9.11. The quantitative estimate of drug-likeness (QED) is 0.833. The van der Waals surface area contributed by atoms with Gasteiger partial charge in [-0.15, -0.1) is 0 Å². The van der Waals surface area contributed by atoms with Gasteiger partial charge in [-0.25, -0.2) is 4.79 Å². The van der Waals surface area contributed by atoms with Crippen LogP contribution in [0.1, 0.15) is 26.2 Å². The highest BCUT2D eigenvalue weighted by atomic mass is 16.4. The van der Waals surface area contributed by atoms with Crippen LogP contribution in [0.25, 0.3) is 0 Å². The Morgan fingerprint density at radius 2 is 1.90 bits per heavy atom. The first-order chi connectivity index (χ1) is 9.50. The summed E-state index contributed by atoms with van der Waals surface area (Å²) in [6.07, 6.45) is 3.06. The molecule has 2 heterocycles. The molecule has 6 heteroatoms. The highest BCUT2D eigenvalue weighted by Crippen LogP contribution is 2.25. The van der Waals surface area contributed by atoms with Gasteiger partial charge >= 0.3 is 12.0 Å². The summed E-state index contributed by atoms with van der Waals surface area (Å²) >= 11 is 0. The maximum absolute atomic E-state index is 12.4. The monoisotopic (exact) mass is 283 g/mol. The van der Waals surface area contributed by atoms with Crippen molar-refractivity contribution in [2.75, 3.05) is 39.8 Å². The molecule has 20 heavy (non-hydrogen) atoms. The van der Waals surface area contributed by atoms with Crippen molar-refractivity contribution in [3.8, 4) is 0 Å². The molecule has 2 fully saturated rings. The van der Waals surface area contributed by atoms with Crippen molar-refractivity contribution >= 4 is 12.0 Å². The molecule has 0 aromatic carbocycles. The van der Waals surface area contributed by atoms with E-state index in [0.29, 0.717) is 19.5 Å². The first-order valence-corrected chi connectivity index (χ1v) is 7.47. The average molecular weight is 283 g/mol. The summed E-state index contributed by atoms with van der Waals surface area (Å²) < 4.78 is 0. The molecule has 114 valence electrons. The molecular weight excluding hydrogens is 258 g/mol. The standard InChI is InChI=1S/C14H25N3O3/c1-11-12(13(18)19)5-8-17(11)14(20)15(2)9-10-16-6-3-4-7-16/h11-12H,3-10H2,1-2H3,(H,18,19). The fraction of sp³-hybridized carbons (Fsp3) is 0.857. The number of carbonyl (C=O) groups excluding carboxylic acids is 1. The number of hydrogen-bond donors (Lipinski definition) is 1. The lowest BCUT2D eigenvalue weighted by Gasteiger charge is -2.29. The Morgan fingerprint density at radius 3 is 2.45 bits per heavy atom. The third kappa shape index (κ3) is 3.23. The highest BCUT2D eigenvalue weighted by molar-refractivity contribution is 5.78. The Kier molecular flexibility index (Phi) is 4.86. The second kappa shape index (κ2) is 6.43. The van der Waals surface area contributed by atoms with E-state index in [4.69, 9.17) is 5.11 Å². The number of amides is 2. The first-order valence-electron chi connectivity index (χ1n) is 7.47. The fourth-order valence-corrected chi connectivity index (χ4v) is 3.15. The molecule has 0 aromatic heterocycles. The van der Waals surface area contributed by atoms with Crippen LogP contribution in [-0.4, -0.2) is 77.6 Å². The summed E-state index contributed by atoms with van der Waals surface area (Å²) in [4.78, 5) is 29.3. The van der Waals surface area contributed by atoms with Crippen molar-refractivity contribution in [1.82, 2.24) is 14.7 Å². The number of likely N-dealkylation sites (N-methyl/N-ethyl adjacent to an activating group) is 1. The molecule has 0 aliphatic carbocycles. The molecule has 0 saturated carbocycles. The number of hydrogen-bond acceptors (Lipinski definition) is 3. The van der Waals surface area contributed by atoms with Gasteiger partial charge in [-0.1, -0.05) is 0 Å². The maximum atomic E-state index is 12.4. The lowest BCUT2D eigenvalue weighted by atomic mass is 10.0. The van der Waals surface area contributed by atoms with Crippen molar-refractivity contribution in [2.24, 2.45) is 5.92 Å². The lowest BCUT2D eigenvalue weighted by molar-refractivity contribution is -0.142. The summed E-state index contributed by atoms with van der Waals surface area (Å²) in [5.74, 6) is -1.22. The minimum absolute atomic E-state index is 0.0413. The molecule has 2 aliphatic rings. The van der Waals surface area contributed by atoms with Crippen LogP contribution in [0, 0.1) is 5.92 Å². The van der Waals surface area contributed by atoms with E-state index in [-0.39, 0.29) is 12.1 Å². The molecule has 2 unspecified atom stereocenters. The number of nitrogens with zero attached hydrogens (tertiary/aromatic N) is 3. The normalized spacial score (nSPS) is 27.0. The number of carbonyl (C=O) groups is 2. The molecule has 0 spiro atoms. The number of carboxylic acids is 1. The molecule has 2 aliphatic heterocycles. The van der Waals surface area contributed by atoms with Gasteiger partial charge in [0.15, 0.2) is 0 Å². The van der Waals surface area contributed by atoms with E-state index < -0.39 is 11.9 Å². The molecule has 0 radical (unpaired) electrons. The average Bonchev–Trinajstić information content (AvgIpc) is 3.04.